The minimum Gasteiger partial charge on any atom is -0.307 e. The molecule has 8 heteroatoms. The van der Waals surface area contributed by atoms with Gasteiger partial charge in [-0.25, -0.2) is 0 Å². The molecule has 1 heterocycles. The Balaban J connectivity index is -0.000000105. The minimum absolute atomic E-state index is 0. The van der Waals surface area contributed by atoms with E-state index in [4.69, 9.17) is 24.0 Å². The van der Waals surface area contributed by atoms with Crippen LogP contribution in [0.15, 0.2) is 40.3 Å². The second-order valence-corrected chi connectivity index (χ2v) is 6.15. The van der Waals surface area contributed by atoms with Crippen molar-refractivity contribution in [2.75, 3.05) is 0 Å². The summed E-state index contributed by atoms with van der Waals surface area (Å²) >= 11 is 3.60. The van der Waals surface area contributed by atoms with E-state index in [1.165, 1.54) is 20.9 Å². The Labute approximate surface area is 172 Å². The second-order valence-electron chi connectivity index (χ2n) is 3.48. The van der Waals surface area contributed by atoms with Crippen LogP contribution in [0.3, 0.4) is 0 Å². The maximum absolute atomic E-state index is 8.00. The largest absolute Gasteiger partial charge is 0.307 e. The maximum Gasteiger partial charge on any atom is 0.106 e. The molecular formula is C17H22BrO5PW. The van der Waals surface area contributed by atoms with Gasteiger partial charge in [0.15, 0.2) is 0 Å². The number of carbonyl (C=O) groups excluding carboxylic acids is 5. The molecule has 138 valence electrons. The first kappa shape index (κ1) is 34.8. The molecule has 0 bridgehead atoms. The number of hydrogen-bond donors (Lipinski definition) is 0. The monoisotopic (exact) mass is 600 g/mol. The van der Waals surface area contributed by atoms with Crippen molar-refractivity contribution in [2.24, 2.45) is 0 Å². The number of halogens is 1. The summed E-state index contributed by atoms with van der Waals surface area (Å²) in [7, 11) is -0.211. The molecule has 0 fully saturated rings. The Morgan fingerprint density at radius 2 is 1.04 bits per heavy atom. The van der Waals surface area contributed by atoms with Crippen molar-refractivity contribution in [3.63, 3.8) is 0 Å². The zero-order valence-corrected chi connectivity index (χ0v) is 19.7. The molecule has 0 saturated heterocycles. The third-order valence-electron chi connectivity index (χ3n) is 2.42. The van der Waals surface area contributed by atoms with Gasteiger partial charge in [0.05, 0.1) is 0 Å². The van der Waals surface area contributed by atoms with Crippen molar-refractivity contribution in [1.82, 2.24) is 0 Å². The van der Waals surface area contributed by atoms with Crippen LogP contribution in [0, 0.1) is 13.8 Å². The van der Waals surface area contributed by atoms with E-state index < -0.39 is 0 Å². The summed E-state index contributed by atoms with van der Waals surface area (Å²) in [6, 6.07) is 8.48. The van der Waals surface area contributed by atoms with E-state index in [9.17, 15) is 0 Å². The fraction of sp³-hybridized carbons (Fsp3) is 0.118. The molecule has 0 atom stereocenters. The van der Waals surface area contributed by atoms with Crippen LogP contribution in [0.5, 0.6) is 0 Å². The number of aryl methyl sites for hydroxylation is 2. The van der Waals surface area contributed by atoms with Crippen molar-refractivity contribution in [2.45, 2.75) is 13.8 Å². The Morgan fingerprint density at radius 3 is 1.36 bits per heavy atom. The van der Waals surface area contributed by atoms with Gasteiger partial charge in [-0.2, -0.15) is 0 Å². The van der Waals surface area contributed by atoms with Gasteiger partial charge >= 0.3 is 0 Å². The average Bonchev–Trinajstić information content (AvgIpc) is 3.02. The molecule has 0 saturated carbocycles. The zero-order valence-electron chi connectivity index (χ0n) is 14.3. The molecule has 0 unspecified atom stereocenters. The zero-order chi connectivity index (χ0) is 20.1. The Morgan fingerprint density at radius 1 is 0.720 bits per heavy atom. The van der Waals surface area contributed by atoms with E-state index in [0.717, 1.165) is 0 Å². The summed E-state index contributed by atoms with van der Waals surface area (Å²) in [5.74, 6) is 4.76. The summed E-state index contributed by atoms with van der Waals surface area (Å²) < 4.78 is 1.22. The van der Waals surface area contributed by atoms with Crippen LogP contribution in [0.25, 0.3) is 5.30 Å². The summed E-state index contributed by atoms with van der Waals surface area (Å²) in [6.07, 6.45) is 0. The molecule has 0 radical (unpaired) electrons. The summed E-state index contributed by atoms with van der Waals surface area (Å²) in [4.78, 5) is 40.0. The van der Waals surface area contributed by atoms with Crippen LogP contribution in [-0.4, -0.2) is 33.9 Å². The second kappa shape index (κ2) is 27.4. The van der Waals surface area contributed by atoms with Gasteiger partial charge in [-0.15, -0.1) is 0 Å². The normalized spacial score (nSPS) is 6.68. The SMILES string of the molecule is C=O.C=O.C=O.C=O.C=O.Cc1cp(-c2ccccc2Br)cc1C.[W]. The number of carbonyl (C=O) groups is 5. The molecule has 0 aliphatic carbocycles. The third-order valence-corrected chi connectivity index (χ3v) is 5.69. The van der Waals surface area contributed by atoms with E-state index in [-0.39, 0.29) is 28.6 Å². The van der Waals surface area contributed by atoms with Crippen molar-refractivity contribution < 1.29 is 45.0 Å². The van der Waals surface area contributed by atoms with Gasteiger partial charge in [-0.05, 0) is 64.6 Å². The van der Waals surface area contributed by atoms with Gasteiger partial charge in [0.1, 0.15) is 33.9 Å². The summed E-state index contributed by atoms with van der Waals surface area (Å²) in [6.45, 7) is 14.4. The van der Waals surface area contributed by atoms with Gasteiger partial charge in [-0.3, -0.25) is 0 Å². The van der Waals surface area contributed by atoms with Gasteiger partial charge in [0.2, 0.25) is 0 Å². The van der Waals surface area contributed by atoms with E-state index >= 15 is 0 Å². The first-order valence-electron chi connectivity index (χ1n) is 6.03. The molecule has 1 aromatic heterocycles. The molecule has 2 rings (SSSR count). The molecule has 5 nitrogen and oxygen atoms in total. The Kier molecular flexibility index (Phi) is 38.1. The molecule has 0 N–H and O–H groups in total. The quantitative estimate of drug-likeness (QED) is 0.492. The minimum atomic E-state index is -0.211. The van der Waals surface area contributed by atoms with Crippen LogP contribution < -0.4 is 0 Å². The van der Waals surface area contributed by atoms with Crippen molar-refractivity contribution in [1.29, 1.82) is 0 Å². The van der Waals surface area contributed by atoms with Crippen LogP contribution >= 0.6 is 23.5 Å². The van der Waals surface area contributed by atoms with Crippen molar-refractivity contribution >= 4 is 57.4 Å². The smallest absolute Gasteiger partial charge is 0.106 e. The Bertz CT molecular complexity index is 520. The molecular weight excluding hydrogens is 579 g/mol. The molecule has 0 amide bonds. The topological polar surface area (TPSA) is 85.3 Å². The predicted molar refractivity (Wildman–Crippen MR) is 103 cm³/mol. The molecule has 1 aromatic carbocycles. The van der Waals surface area contributed by atoms with Crippen molar-refractivity contribution in [3.8, 4) is 5.30 Å². The van der Waals surface area contributed by atoms with Gasteiger partial charge in [0.25, 0.3) is 0 Å². The fourth-order valence-electron chi connectivity index (χ4n) is 1.46. The third kappa shape index (κ3) is 14.6. The summed E-state index contributed by atoms with van der Waals surface area (Å²) in [5.41, 5.74) is 2.85. The van der Waals surface area contributed by atoms with E-state index in [1.54, 1.807) is 0 Å². The fourth-order valence-corrected chi connectivity index (χ4v) is 4.53. The van der Waals surface area contributed by atoms with E-state index in [2.05, 4.69) is 65.6 Å². The average molecular weight is 601 g/mol. The maximum atomic E-state index is 8.00. The first-order chi connectivity index (χ1) is 11.7. The van der Waals surface area contributed by atoms with Gasteiger partial charge < -0.3 is 24.0 Å². The van der Waals surface area contributed by atoms with E-state index in [1.807, 2.05) is 33.9 Å². The molecule has 25 heavy (non-hydrogen) atoms. The molecule has 0 aliphatic heterocycles. The first-order valence-corrected chi connectivity index (χ1v) is 8.30. The Hall–Kier alpha value is -1.48. The predicted octanol–water partition coefficient (Wildman–Crippen LogP) is 4.11. The standard InChI is InChI=1S/C12H12BrP.5CH2O.W/c1-9-7-14(8-10(9)2)12-6-4-3-5-11(12)13;5*1-2;/h3-8H,1-2H3;5*1H2;. The van der Waals surface area contributed by atoms with Crippen molar-refractivity contribution in [3.05, 3.63) is 51.5 Å². The molecule has 0 aliphatic rings. The number of rotatable bonds is 1. The molecule has 2 aromatic rings. The number of benzene rings is 1. The van der Waals surface area contributed by atoms with Crippen LogP contribution in [-0.2, 0) is 45.0 Å². The van der Waals surface area contributed by atoms with Crippen LogP contribution in [0.1, 0.15) is 11.1 Å². The van der Waals surface area contributed by atoms with E-state index in [0.29, 0.717) is 0 Å². The molecule has 0 spiro atoms. The van der Waals surface area contributed by atoms with Crippen LogP contribution in [0.2, 0.25) is 0 Å². The summed E-state index contributed by atoms with van der Waals surface area (Å²) in [5, 5.41) is 1.42. The number of hydrogen-bond acceptors (Lipinski definition) is 5. The van der Waals surface area contributed by atoms with Gasteiger partial charge in [-0.1, -0.05) is 19.7 Å². The van der Waals surface area contributed by atoms with Gasteiger partial charge in [0, 0.05) is 30.8 Å². The van der Waals surface area contributed by atoms with Crippen LogP contribution in [0.4, 0.5) is 0 Å².